The highest BCUT2D eigenvalue weighted by Crippen LogP contribution is 2.26. The number of nitrogens with one attached hydrogen (secondary N) is 1. The Morgan fingerprint density at radius 3 is 2.40 bits per heavy atom. The van der Waals surface area contributed by atoms with Crippen molar-refractivity contribution in [2.75, 3.05) is 18.4 Å². The van der Waals surface area contributed by atoms with Gasteiger partial charge in [0.15, 0.2) is 0 Å². The van der Waals surface area contributed by atoms with Crippen LogP contribution in [0.2, 0.25) is 0 Å². The molecule has 0 aromatic heterocycles. The van der Waals surface area contributed by atoms with Crippen LogP contribution in [-0.2, 0) is 4.79 Å². The number of anilines is 1. The molecule has 0 spiro atoms. The molecule has 5 nitrogen and oxygen atoms in total. The fourth-order valence-corrected chi connectivity index (χ4v) is 3.09. The van der Waals surface area contributed by atoms with Crippen LogP contribution in [0, 0.1) is 19.8 Å². The quantitative estimate of drug-likeness (QED) is 0.888. The van der Waals surface area contributed by atoms with Crippen molar-refractivity contribution in [3.63, 3.8) is 0 Å². The molecule has 1 heterocycles. The first-order chi connectivity index (χ1) is 9.36. The maximum atomic E-state index is 12.1. The van der Waals surface area contributed by atoms with Crippen molar-refractivity contribution >= 4 is 33.6 Å². The van der Waals surface area contributed by atoms with Gasteiger partial charge in [-0.05, 0) is 37.1 Å². The monoisotopic (exact) mass is 340 g/mol. The lowest BCUT2D eigenvalue weighted by atomic mass is 9.97. The Morgan fingerprint density at radius 2 is 1.90 bits per heavy atom. The fourth-order valence-electron chi connectivity index (χ4n) is 2.41. The Labute approximate surface area is 126 Å². The average molecular weight is 341 g/mol. The van der Waals surface area contributed by atoms with Crippen molar-refractivity contribution in [1.82, 2.24) is 4.90 Å². The molecule has 0 bridgehead atoms. The van der Waals surface area contributed by atoms with E-state index in [0.717, 1.165) is 21.3 Å². The molecule has 1 aliphatic rings. The summed E-state index contributed by atoms with van der Waals surface area (Å²) in [7, 11) is 0. The summed E-state index contributed by atoms with van der Waals surface area (Å²) in [5, 5.41) is 11.6. The van der Waals surface area contributed by atoms with E-state index < -0.39 is 5.97 Å². The summed E-state index contributed by atoms with van der Waals surface area (Å²) in [5.74, 6) is -0.736. The molecule has 108 valence electrons. The molecule has 1 fully saturated rings. The van der Waals surface area contributed by atoms with E-state index in [1.807, 2.05) is 26.0 Å². The second-order valence-corrected chi connectivity index (χ2v) is 6.13. The molecule has 20 heavy (non-hydrogen) atoms. The third kappa shape index (κ3) is 3.30. The summed E-state index contributed by atoms with van der Waals surface area (Å²) in [6, 6.07) is 3.73. The number of carbonyl (C=O) groups excluding carboxylic acids is 1. The fraction of sp³-hybridized carbons (Fsp3) is 0.429. The predicted molar refractivity (Wildman–Crippen MR) is 80.0 cm³/mol. The highest BCUT2D eigenvalue weighted by atomic mass is 79.9. The minimum Gasteiger partial charge on any atom is -0.481 e. The Morgan fingerprint density at radius 1 is 1.35 bits per heavy atom. The summed E-state index contributed by atoms with van der Waals surface area (Å²) in [6.45, 7) is 4.90. The van der Waals surface area contributed by atoms with Crippen LogP contribution < -0.4 is 5.32 Å². The van der Waals surface area contributed by atoms with E-state index in [2.05, 4.69) is 21.2 Å². The van der Waals surface area contributed by atoms with Gasteiger partial charge in [-0.2, -0.15) is 0 Å². The van der Waals surface area contributed by atoms with Crippen LogP contribution in [0.5, 0.6) is 0 Å². The SMILES string of the molecule is Cc1cc(Br)cc(C)c1NC(=O)N1CC(CC(=O)O)C1. The van der Waals surface area contributed by atoms with Crippen LogP contribution in [0.1, 0.15) is 17.5 Å². The lowest BCUT2D eigenvalue weighted by molar-refractivity contribution is -0.139. The number of carboxylic acid groups (broad SMARTS) is 1. The number of carboxylic acids is 1. The van der Waals surface area contributed by atoms with Gasteiger partial charge in [-0.3, -0.25) is 4.79 Å². The maximum absolute atomic E-state index is 12.1. The first-order valence-corrected chi connectivity index (χ1v) is 7.20. The van der Waals surface area contributed by atoms with E-state index in [1.54, 1.807) is 4.90 Å². The van der Waals surface area contributed by atoms with E-state index in [4.69, 9.17) is 5.11 Å². The Kier molecular flexibility index (Phi) is 4.32. The van der Waals surface area contributed by atoms with Crippen LogP contribution >= 0.6 is 15.9 Å². The number of aryl methyl sites for hydroxylation is 2. The third-order valence-corrected chi connectivity index (χ3v) is 3.89. The summed E-state index contributed by atoms with van der Waals surface area (Å²) in [6.07, 6.45) is 0.125. The molecule has 1 saturated heterocycles. The van der Waals surface area contributed by atoms with Crippen molar-refractivity contribution in [3.05, 3.63) is 27.7 Å². The van der Waals surface area contributed by atoms with Gasteiger partial charge in [0.2, 0.25) is 0 Å². The number of likely N-dealkylation sites (tertiary alicyclic amines) is 1. The number of hydrogen-bond donors (Lipinski definition) is 2. The third-order valence-electron chi connectivity index (χ3n) is 3.44. The van der Waals surface area contributed by atoms with Crippen molar-refractivity contribution in [2.24, 2.45) is 5.92 Å². The van der Waals surface area contributed by atoms with Crippen LogP contribution in [0.15, 0.2) is 16.6 Å². The predicted octanol–water partition coefficient (Wildman–Crippen LogP) is 3.00. The number of hydrogen-bond acceptors (Lipinski definition) is 2. The summed E-state index contributed by atoms with van der Waals surface area (Å²) >= 11 is 3.42. The first-order valence-electron chi connectivity index (χ1n) is 6.41. The highest BCUT2D eigenvalue weighted by molar-refractivity contribution is 9.10. The number of carbonyl (C=O) groups is 2. The summed E-state index contributed by atoms with van der Waals surface area (Å²) in [4.78, 5) is 24.3. The summed E-state index contributed by atoms with van der Waals surface area (Å²) in [5.41, 5.74) is 2.81. The van der Waals surface area contributed by atoms with Crippen LogP contribution in [0.25, 0.3) is 0 Å². The zero-order chi connectivity index (χ0) is 14.9. The number of rotatable bonds is 3. The molecule has 6 heteroatoms. The molecular weight excluding hydrogens is 324 g/mol. The molecule has 0 saturated carbocycles. The Balaban J connectivity index is 1.95. The lowest BCUT2D eigenvalue weighted by Gasteiger charge is -2.38. The molecule has 0 aliphatic carbocycles. The number of aliphatic carboxylic acids is 1. The van der Waals surface area contributed by atoms with Crippen molar-refractivity contribution in [3.8, 4) is 0 Å². The van der Waals surface area contributed by atoms with Gasteiger partial charge < -0.3 is 15.3 Å². The number of urea groups is 1. The van der Waals surface area contributed by atoms with Gasteiger partial charge in [-0.15, -0.1) is 0 Å². The van der Waals surface area contributed by atoms with Gasteiger partial charge in [0.05, 0.1) is 6.42 Å². The van der Waals surface area contributed by atoms with Gasteiger partial charge in [0, 0.05) is 29.2 Å². The Hall–Kier alpha value is -1.56. The minimum absolute atomic E-state index is 0.0744. The van der Waals surface area contributed by atoms with Crippen molar-refractivity contribution < 1.29 is 14.7 Å². The maximum Gasteiger partial charge on any atom is 0.321 e. The molecule has 1 aromatic rings. The normalized spacial score (nSPS) is 14.8. The number of amides is 2. The van der Waals surface area contributed by atoms with Gasteiger partial charge in [-0.25, -0.2) is 4.79 Å². The minimum atomic E-state index is -0.811. The van der Waals surface area contributed by atoms with Gasteiger partial charge in [0.25, 0.3) is 0 Å². The number of benzene rings is 1. The smallest absolute Gasteiger partial charge is 0.321 e. The largest absolute Gasteiger partial charge is 0.481 e. The standard InChI is InChI=1S/C14H17BrN2O3/c1-8-3-11(15)4-9(2)13(8)16-14(20)17-6-10(7-17)5-12(18)19/h3-4,10H,5-7H2,1-2H3,(H,16,20)(H,18,19). The zero-order valence-electron chi connectivity index (χ0n) is 11.4. The molecular formula is C14H17BrN2O3. The molecule has 0 unspecified atom stereocenters. The van der Waals surface area contributed by atoms with Gasteiger partial charge in [-0.1, -0.05) is 15.9 Å². The van der Waals surface area contributed by atoms with Crippen molar-refractivity contribution in [1.29, 1.82) is 0 Å². The van der Waals surface area contributed by atoms with Gasteiger partial charge in [0.1, 0.15) is 0 Å². The zero-order valence-corrected chi connectivity index (χ0v) is 13.0. The van der Waals surface area contributed by atoms with Crippen molar-refractivity contribution in [2.45, 2.75) is 20.3 Å². The topological polar surface area (TPSA) is 69.6 Å². The second kappa shape index (κ2) is 5.83. The molecule has 1 aliphatic heterocycles. The van der Waals surface area contributed by atoms with Crippen LogP contribution in [0.4, 0.5) is 10.5 Å². The molecule has 2 amide bonds. The molecule has 0 atom stereocenters. The summed E-state index contributed by atoms with van der Waals surface area (Å²) < 4.78 is 0.982. The first kappa shape index (κ1) is 14.8. The van der Waals surface area contributed by atoms with E-state index in [-0.39, 0.29) is 18.4 Å². The van der Waals surface area contributed by atoms with E-state index in [0.29, 0.717) is 13.1 Å². The molecule has 2 rings (SSSR count). The van der Waals surface area contributed by atoms with E-state index in [1.165, 1.54) is 0 Å². The van der Waals surface area contributed by atoms with E-state index in [9.17, 15) is 9.59 Å². The molecule has 0 radical (unpaired) electrons. The lowest BCUT2D eigenvalue weighted by Crippen LogP contribution is -2.52. The second-order valence-electron chi connectivity index (χ2n) is 5.21. The van der Waals surface area contributed by atoms with Crippen LogP contribution in [-0.4, -0.2) is 35.1 Å². The number of nitrogens with zero attached hydrogens (tertiary/aromatic N) is 1. The van der Waals surface area contributed by atoms with Crippen LogP contribution in [0.3, 0.4) is 0 Å². The molecule has 2 N–H and O–H groups in total. The average Bonchev–Trinajstić information content (AvgIpc) is 2.27. The molecule has 1 aromatic carbocycles. The van der Waals surface area contributed by atoms with E-state index >= 15 is 0 Å². The number of halogens is 1. The Bertz CT molecular complexity index is 530. The highest BCUT2D eigenvalue weighted by Gasteiger charge is 2.32. The van der Waals surface area contributed by atoms with Gasteiger partial charge >= 0.3 is 12.0 Å².